The zero-order valence-corrected chi connectivity index (χ0v) is 9.99. The summed E-state index contributed by atoms with van der Waals surface area (Å²) < 4.78 is 0. The number of carbonyl (C=O) groups is 1. The molecule has 0 bridgehead atoms. The Bertz CT molecular complexity index is 393. The molecule has 0 saturated heterocycles. The van der Waals surface area contributed by atoms with Crippen LogP contribution in [0.4, 0.5) is 5.69 Å². The van der Waals surface area contributed by atoms with Crippen LogP contribution in [0, 0.1) is 0 Å². The van der Waals surface area contributed by atoms with E-state index in [-0.39, 0.29) is 5.91 Å². The van der Waals surface area contributed by atoms with E-state index in [1.807, 2.05) is 0 Å². The van der Waals surface area contributed by atoms with Crippen LogP contribution in [-0.2, 0) is 4.79 Å². The monoisotopic (exact) mass is 243 g/mol. The molecule has 0 heterocycles. The maximum atomic E-state index is 11.5. The van der Waals surface area contributed by atoms with Crippen LogP contribution >= 0.6 is 23.2 Å². The molecule has 1 aromatic carbocycles. The number of anilines is 1. The fourth-order valence-electron chi connectivity index (χ4n) is 0.987. The van der Waals surface area contributed by atoms with E-state index in [1.54, 1.807) is 38.1 Å². The van der Waals surface area contributed by atoms with E-state index in [2.05, 4.69) is 5.32 Å². The van der Waals surface area contributed by atoms with Crippen molar-refractivity contribution in [2.75, 3.05) is 5.32 Å². The Labute approximate surface area is 98.9 Å². The normalized spacial score (nSPS) is 11.3. The van der Waals surface area contributed by atoms with Gasteiger partial charge in [-0.05, 0) is 32.0 Å². The molecule has 0 aliphatic rings. The summed E-state index contributed by atoms with van der Waals surface area (Å²) >= 11 is 11.6. The van der Waals surface area contributed by atoms with Crippen LogP contribution in [0.15, 0.2) is 29.8 Å². The summed E-state index contributed by atoms with van der Waals surface area (Å²) in [5.74, 6) is -0.157. The molecule has 1 aromatic rings. The molecule has 0 aliphatic heterocycles. The standard InChI is InChI=1S/C11H11Cl2NO/c1-3-7(2)11(15)14-10-5-8(12)4-9(13)6-10/h3-6H,1-2H3,(H,14,15)/b7-3+. The first-order chi connectivity index (χ1) is 7.02. The van der Waals surface area contributed by atoms with Gasteiger partial charge in [0.2, 0.25) is 0 Å². The number of nitrogens with one attached hydrogen (secondary N) is 1. The third-order valence-electron chi connectivity index (χ3n) is 1.91. The number of halogens is 2. The van der Waals surface area contributed by atoms with Crippen molar-refractivity contribution in [2.45, 2.75) is 13.8 Å². The van der Waals surface area contributed by atoms with Crippen LogP contribution in [0.5, 0.6) is 0 Å². The summed E-state index contributed by atoms with van der Waals surface area (Å²) in [4.78, 5) is 11.5. The predicted octanol–water partition coefficient (Wildman–Crippen LogP) is 3.90. The lowest BCUT2D eigenvalue weighted by molar-refractivity contribution is -0.112. The Hall–Kier alpha value is -0.990. The summed E-state index contributed by atoms with van der Waals surface area (Å²) in [5, 5.41) is 3.69. The fourth-order valence-corrected chi connectivity index (χ4v) is 1.51. The zero-order chi connectivity index (χ0) is 11.4. The Morgan fingerprint density at radius 2 is 1.80 bits per heavy atom. The highest BCUT2D eigenvalue weighted by Crippen LogP contribution is 2.22. The first-order valence-electron chi connectivity index (χ1n) is 4.43. The van der Waals surface area contributed by atoms with E-state index in [9.17, 15) is 4.79 Å². The molecule has 1 amide bonds. The SMILES string of the molecule is C/C=C(\C)C(=O)Nc1cc(Cl)cc(Cl)c1. The van der Waals surface area contributed by atoms with Gasteiger partial charge in [-0.3, -0.25) is 4.79 Å². The van der Waals surface area contributed by atoms with Crippen LogP contribution in [0.3, 0.4) is 0 Å². The van der Waals surface area contributed by atoms with Crippen LogP contribution in [0.1, 0.15) is 13.8 Å². The molecule has 80 valence electrons. The van der Waals surface area contributed by atoms with Gasteiger partial charge < -0.3 is 5.32 Å². The topological polar surface area (TPSA) is 29.1 Å². The van der Waals surface area contributed by atoms with Gasteiger partial charge in [0.1, 0.15) is 0 Å². The molecule has 1 N–H and O–H groups in total. The molecule has 0 fully saturated rings. The maximum Gasteiger partial charge on any atom is 0.250 e. The second-order valence-electron chi connectivity index (χ2n) is 3.08. The van der Waals surface area contributed by atoms with E-state index in [4.69, 9.17) is 23.2 Å². The third-order valence-corrected chi connectivity index (χ3v) is 2.35. The third kappa shape index (κ3) is 3.57. The highest BCUT2D eigenvalue weighted by atomic mass is 35.5. The average molecular weight is 244 g/mol. The van der Waals surface area contributed by atoms with Crippen LogP contribution in [-0.4, -0.2) is 5.91 Å². The van der Waals surface area contributed by atoms with Gasteiger partial charge in [-0.15, -0.1) is 0 Å². The molecule has 0 aromatic heterocycles. The second-order valence-corrected chi connectivity index (χ2v) is 3.96. The fraction of sp³-hybridized carbons (Fsp3) is 0.182. The van der Waals surface area contributed by atoms with Crippen LogP contribution in [0.25, 0.3) is 0 Å². The summed E-state index contributed by atoms with van der Waals surface area (Å²) in [5.41, 5.74) is 1.24. The Morgan fingerprint density at radius 3 is 2.27 bits per heavy atom. The number of rotatable bonds is 2. The molecule has 2 nitrogen and oxygen atoms in total. The van der Waals surface area contributed by atoms with Gasteiger partial charge in [0, 0.05) is 21.3 Å². The first-order valence-corrected chi connectivity index (χ1v) is 5.19. The molecule has 0 aliphatic carbocycles. The van der Waals surface area contributed by atoms with Gasteiger partial charge in [0.05, 0.1) is 0 Å². The van der Waals surface area contributed by atoms with Crippen LogP contribution < -0.4 is 5.32 Å². The smallest absolute Gasteiger partial charge is 0.250 e. The van der Waals surface area contributed by atoms with E-state index in [0.29, 0.717) is 21.3 Å². The number of hydrogen-bond donors (Lipinski definition) is 1. The molecule has 0 atom stereocenters. The molecule has 15 heavy (non-hydrogen) atoms. The molecule has 0 saturated carbocycles. The zero-order valence-electron chi connectivity index (χ0n) is 8.47. The molecule has 0 spiro atoms. The summed E-state index contributed by atoms with van der Waals surface area (Å²) in [6.07, 6.45) is 1.74. The van der Waals surface area contributed by atoms with E-state index in [0.717, 1.165) is 0 Å². The highest BCUT2D eigenvalue weighted by molar-refractivity contribution is 6.35. The molecule has 4 heteroatoms. The van der Waals surface area contributed by atoms with Crippen molar-refractivity contribution in [2.24, 2.45) is 0 Å². The lowest BCUT2D eigenvalue weighted by Gasteiger charge is -2.06. The van der Waals surface area contributed by atoms with Crippen molar-refractivity contribution in [3.63, 3.8) is 0 Å². The molecule has 0 unspecified atom stereocenters. The summed E-state index contributed by atoms with van der Waals surface area (Å²) in [6.45, 7) is 3.54. The minimum Gasteiger partial charge on any atom is -0.322 e. The van der Waals surface area contributed by atoms with Gasteiger partial charge in [-0.25, -0.2) is 0 Å². The van der Waals surface area contributed by atoms with E-state index in [1.165, 1.54) is 0 Å². The average Bonchev–Trinajstić information content (AvgIpc) is 2.14. The lowest BCUT2D eigenvalue weighted by atomic mass is 10.2. The predicted molar refractivity (Wildman–Crippen MR) is 64.5 cm³/mol. The molecular weight excluding hydrogens is 233 g/mol. The lowest BCUT2D eigenvalue weighted by Crippen LogP contribution is -2.12. The van der Waals surface area contributed by atoms with Gasteiger partial charge in [0.25, 0.3) is 5.91 Å². The minimum absolute atomic E-state index is 0.157. The quantitative estimate of drug-likeness (QED) is 0.785. The van der Waals surface area contributed by atoms with Crippen LogP contribution in [0.2, 0.25) is 10.0 Å². The first kappa shape index (κ1) is 12.1. The minimum atomic E-state index is -0.157. The Balaban J connectivity index is 2.86. The molecule has 1 rings (SSSR count). The van der Waals surface area contributed by atoms with Crippen molar-refractivity contribution in [3.05, 3.63) is 39.9 Å². The largest absolute Gasteiger partial charge is 0.322 e. The molecular formula is C11H11Cl2NO. The number of allylic oxidation sites excluding steroid dienone is 1. The van der Waals surface area contributed by atoms with E-state index >= 15 is 0 Å². The molecule has 0 radical (unpaired) electrons. The van der Waals surface area contributed by atoms with Gasteiger partial charge in [0.15, 0.2) is 0 Å². The number of benzene rings is 1. The van der Waals surface area contributed by atoms with Crippen molar-refractivity contribution < 1.29 is 4.79 Å². The number of hydrogen-bond acceptors (Lipinski definition) is 1. The van der Waals surface area contributed by atoms with Gasteiger partial charge in [-0.1, -0.05) is 29.3 Å². The van der Waals surface area contributed by atoms with Gasteiger partial charge in [-0.2, -0.15) is 0 Å². The number of carbonyl (C=O) groups excluding carboxylic acids is 1. The van der Waals surface area contributed by atoms with Crippen molar-refractivity contribution in [1.29, 1.82) is 0 Å². The van der Waals surface area contributed by atoms with Gasteiger partial charge >= 0.3 is 0 Å². The Kier molecular flexibility index (Phi) is 4.18. The van der Waals surface area contributed by atoms with Crippen molar-refractivity contribution >= 4 is 34.8 Å². The Morgan fingerprint density at radius 1 is 1.27 bits per heavy atom. The van der Waals surface area contributed by atoms with E-state index < -0.39 is 0 Å². The van der Waals surface area contributed by atoms with Crippen molar-refractivity contribution in [3.8, 4) is 0 Å². The second kappa shape index (κ2) is 5.19. The van der Waals surface area contributed by atoms with Crippen molar-refractivity contribution in [1.82, 2.24) is 0 Å². The number of amides is 1. The summed E-state index contributed by atoms with van der Waals surface area (Å²) in [6, 6.07) is 4.91. The summed E-state index contributed by atoms with van der Waals surface area (Å²) in [7, 11) is 0. The maximum absolute atomic E-state index is 11.5. The highest BCUT2D eigenvalue weighted by Gasteiger charge is 2.04.